The van der Waals surface area contributed by atoms with Crippen molar-refractivity contribution in [3.8, 4) is 0 Å². The van der Waals surface area contributed by atoms with Crippen LogP contribution in [0.25, 0.3) is 0 Å². The molecule has 1 atom stereocenters. The van der Waals surface area contributed by atoms with Gasteiger partial charge in [-0.05, 0) is 32.4 Å². The number of hydrogen-bond donors (Lipinski definition) is 1. The highest BCUT2D eigenvalue weighted by Gasteiger charge is 2.23. The molecule has 0 saturated carbocycles. The maximum Gasteiger partial charge on any atom is 0.230 e. The molecule has 0 bridgehead atoms. The molecule has 0 radical (unpaired) electrons. The first-order chi connectivity index (χ1) is 9.99. The van der Waals surface area contributed by atoms with Crippen molar-refractivity contribution in [2.24, 2.45) is 0 Å². The Labute approximate surface area is 128 Å². The summed E-state index contributed by atoms with van der Waals surface area (Å²) in [5.41, 5.74) is -0.0769. The van der Waals surface area contributed by atoms with Gasteiger partial charge >= 0.3 is 0 Å². The van der Waals surface area contributed by atoms with Crippen LogP contribution in [0.4, 0.5) is 0 Å². The van der Waals surface area contributed by atoms with Crippen LogP contribution in [0.15, 0.2) is 4.42 Å². The summed E-state index contributed by atoms with van der Waals surface area (Å²) in [4.78, 5) is 2.45. The maximum absolute atomic E-state index is 5.84. The molecule has 1 aromatic heterocycles. The molecule has 0 aromatic carbocycles. The Balaban J connectivity index is 1.94. The highest BCUT2D eigenvalue weighted by molar-refractivity contribution is 4.96. The molecule has 0 spiro atoms. The Morgan fingerprint density at radius 2 is 2.14 bits per heavy atom. The predicted molar refractivity (Wildman–Crippen MR) is 84.2 cm³/mol. The molecule has 5 nitrogen and oxygen atoms in total. The lowest BCUT2D eigenvalue weighted by Crippen LogP contribution is -2.37. The van der Waals surface area contributed by atoms with E-state index in [9.17, 15) is 0 Å². The summed E-state index contributed by atoms with van der Waals surface area (Å²) < 4.78 is 5.84. The van der Waals surface area contributed by atoms with E-state index in [1.807, 2.05) is 0 Å². The van der Waals surface area contributed by atoms with Crippen molar-refractivity contribution in [2.75, 3.05) is 19.6 Å². The van der Waals surface area contributed by atoms with Crippen molar-refractivity contribution >= 4 is 0 Å². The highest BCUT2D eigenvalue weighted by atomic mass is 16.4. The number of nitrogens with zero attached hydrogens (tertiary/aromatic N) is 3. The number of nitrogens with one attached hydrogen (secondary N) is 1. The second-order valence-corrected chi connectivity index (χ2v) is 7.13. The van der Waals surface area contributed by atoms with Gasteiger partial charge in [-0.2, -0.15) is 0 Å². The van der Waals surface area contributed by atoms with E-state index in [1.54, 1.807) is 0 Å². The molecule has 0 amide bonds. The smallest absolute Gasteiger partial charge is 0.230 e. The zero-order valence-corrected chi connectivity index (χ0v) is 14.0. The van der Waals surface area contributed by atoms with Crippen molar-refractivity contribution in [3.05, 3.63) is 11.8 Å². The molecule has 120 valence electrons. The van der Waals surface area contributed by atoms with Gasteiger partial charge in [0, 0.05) is 18.0 Å². The standard InChI is InChI=1S/C16H30N4O/c1-5-6-10-20(11-13-8-7-9-17-13)12-14-18-19-15(21-14)16(2,3)4/h13,17H,5-12H2,1-4H3. The van der Waals surface area contributed by atoms with Crippen molar-refractivity contribution in [1.82, 2.24) is 20.4 Å². The van der Waals surface area contributed by atoms with Crippen LogP contribution in [-0.2, 0) is 12.0 Å². The van der Waals surface area contributed by atoms with E-state index in [0.717, 1.165) is 38.0 Å². The topological polar surface area (TPSA) is 54.2 Å². The Morgan fingerprint density at radius 1 is 1.33 bits per heavy atom. The van der Waals surface area contributed by atoms with Gasteiger partial charge in [-0.15, -0.1) is 10.2 Å². The van der Waals surface area contributed by atoms with Crippen LogP contribution in [0.5, 0.6) is 0 Å². The molecule has 2 rings (SSSR count). The summed E-state index contributed by atoms with van der Waals surface area (Å²) in [5, 5.41) is 12.0. The molecule has 2 heterocycles. The van der Waals surface area contributed by atoms with Crippen molar-refractivity contribution < 1.29 is 4.42 Å². The third kappa shape index (κ3) is 5.08. The van der Waals surface area contributed by atoms with E-state index < -0.39 is 0 Å². The van der Waals surface area contributed by atoms with E-state index in [4.69, 9.17) is 4.42 Å². The number of unbranched alkanes of at least 4 members (excludes halogenated alkanes) is 1. The fourth-order valence-corrected chi connectivity index (χ4v) is 2.65. The molecular formula is C16H30N4O. The lowest BCUT2D eigenvalue weighted by molar-refractivity contribution is 0.211. The van der Waals surface area contributed by atoms with Crippen LogP contribution in [0.2, 0.25) is 0 Å². The van der Waals surface area contributed by atoms with Crippen molar-refractivity contribution in [1.29, 1.82) is 0 Å². The zero-order valence-electron chi connectivity index (χ0n) is 14.0. The van der Waals surface area contributed by atoms with E-state index in [2.05, 4.69) is 48.1 Å². The van der Waals surface area contributed by atoms with Gasteiger partial charge < -0.3 is 9.73 Å². The lowest BCUT2D eigenvalue weighted by Gasteiger charge is -2.24. The molecule has 1 unspecified atom stereocenters. The molecular weight excluding hydrogens is 264 g/mol. The first-order valence-electron chi connectivity index (χ1n) is 8.27. The second kappa shape index (κ2) is 7.36. The molecule has 1 fully saturated rings. The Hall–Kier alpha value is -0.940. The van der Waals surface area contributed by atoms with Gasteiger partial charge in [-0.1, -0.05) is 34.1 Å². The minimum atomic E-state index is -0.0769. The summed E-state index contributed by atoms with van der Waals surface area (Å²) >= 11 is 0. The summed E-state index contributed by atoms with van der Waals surface area (Å²) in [6.45, 7) is 12.6. The van der Waals surface area contributed by atoms with Crippen LogP contribution in [-0.4, -0.2) is 40.8 Å². The van der Waals surface area contributed by atoms with E-state index >= 15 is 0 Å². The van der Waals surface area contributed by atoms with E-state index in [0.29, 0.717) is 6.04 Å². The summed E-state index contributed by atoms with van der Waals surface area (Å²) in [6, 6.07) is 0.617. The molecule has 1 aliphatic rings. The molecule has 0 aliphatic carbocycles. The third-order valence-corrected chi connectivity index (χ3v) is 3.94. The van der Waals surface area contributed by atoms with Gasteiger partial charge in [0.2, 0.25) is 11.8 Å². The van der Waals surface area contributed by atoms with Gasteiger partial charge in [-0.25, -0.2) is 0 Å². The number of hydrogen-bond acceptors (Lipinski definition) is 5. The van der Waals surface area contributed by atoms with Crippen LogP contribution in [0.1, 0.15) is 65.2 Å². The monoisotopic (exact) mass is 294 g/mol. The van der Waals surface area contributed by atoms with Crippen LogP contribution < -0.4 is 5.32 Å². The Morgan fingerprint density at radius 3 is 2.71 bits per heavy atom. The summed E-state index contributed by atoms with van der Waals surface area (Å²) in [7, 11) is 0. The Bertz CT molecular complexity index is 418. The average Bonchev–Trinajstić information content (AvgIpc) is 3.06. The van der Waals surface area contributed by atoms with E-state index in [1.165, 1.54) is 25.7 Å². The summed E-state index contributed by atoms with van der Waals surface area (Å²) in [5.74, 6) is 1.47. The lowest BCUT2D eigenvalue weighted by atomic mass is 9.97. The summed E-state index contributed by atoms with van der Waals surface area (Å²) in [6.07, 6.45) is 5.00. The Kier molecular flexibility index (Phi) is 5.76. The first kappa shape index (κ1) is 16.4. The third-order valence-electron chi connectivity index (χ3n) is 3.94. The SMILES string of the molecule is CCCCN(Cc1nnc(C(C)(C)C)o1)CC1CCCN1. The fourth-order valence-electron chi connectivity index (χ4n) is 2.65. The number of rotatable bonds is 7. The average molecular weight is 294 g/mol. The van der Waals surface area contributed by atoms with Gasteiger partial charge in [0.25, 0.3) is 0 Å². The minimum absolute atomic E-state index is 0.0769. The van der Waals surface area contributed by atoms with Gasteiger partial charge in [0.1, 0.15) is 0 Å². The molecule has 1 saturated heterocycles. The molecule has 1 aromatic rings. The minimum Gasteiger partial charge on any atom is -0.423 e. The van der Waals surface area contributed by atoms with Gasteiger partial charge in [0.05, 0.1) is 6.54 Å². The second-order valence-electron chi connectivity index (χ2n) is 7.13. The number of aromatic nitrogens is 2. The fraction of sp³-hybridized carbons (Fsp3) is 0.875. The molecule has 1 aliphatic heterocycles. The van der Waals surface area contributed by atoms with E-state index in [-0.39, 0.29) is 5.41 Å². The van der Waals surface area contributed by atoms with Gasteiger partial charge in [0.15, 0.2) is 0 Å². The molecule has 1 N–H and O–H groups in total. The predicted octanol–water partition coefficient (Wildman–Crippen LogP) is 2.72. The van der Waals surface area contributed by atoms with Crippen LogP contribution in [0.3, 0.4) is 0 Å². The normalized spacial score (nSPS) is 19.6. The first-order valence-corrected chi connectivity index (χ1v) is 8.27. The van der Waals surface area contributed by atoms with Gasteiger partial charge in [-0.3, -0.25) is 4.90 Å². The largest absolute Gasteiger partial charge is 0.423 e. The highest BCUT2D eigenvalue weighted by Crippen LogP contribution is 2.21. The quantitative estimate of drug-likeness (QED) is 0.838. The maximum atomic E-state index is 5.84. The van der Waals surface area contributed by atoms with Crippen molar-refractivity contribution in [2.45, 2.75) is 71.4 Å². The van der Waals surface area contributed by atoms with Crippen molar-refractivity contribution in [3.63, 3.8) is 0 Å². The molecule has 5 heteroatoms. The molecule has 21 heavy (non-hydrogen) atoms. The zero-order chi connectivity index (χ0) is 15.3. The van der Waals surface area contributed by atoms with Crippen LogP contribution in [0, 0.1) is 0 Å². The van der Waals surface area contributed by atoms with Crippen LogP contribution >= 0.6 is 0 Å².